The third kappa shape index (κ3) is 2.96. The van der Waals surface area contributed by atoms with Gasteiger partial charge in [0.2, 0.25) is 0 Å². The molecule has 0 aromatic carbocycles. The standard InChI is InChI=1S/C13H27N3/c1-11-12(6-7-14-11)9-15(2)10-13-5-4-8-16(13)3/h11-14H,4-10H2,1-3H3. The minimum absolute atomic E-state index is 0.712. The van der Waals surface area contributed by atoms with Crippen molar-refractivity contribution in [2.24, 2.45) is 5.92 Å². The van der Waals surface area contributed by atoms with Gasteiger partial charge in [-0.2, -0.15) is 0 Å². The van der Waals surface area contributed by atoms with Gasteiger partial charge in [-0.05, 0) is 59.3 Å². The van der Waals surface area contributed by atoms with Gasteiger partial charge >= 0.3 is 0 Å². The lowest BCUT2D eigenvalue weighted by molar-refractivity contribution is 0.196. The van der Waals surface area contributed by atoms with Crippen molar-refractivity contribution in [2.75, 3.05) is 40.3 Å². The molecule has 94 valence electrons. The van der Waals surface area contributed by atoms with Crippen molar-refractivity contribution in [3.8, 4) is 0 Å². The van der Waals surface area contributed by atoms with Crippen molar-refractivity contribution in [1.82, 2.24) is 15.1 Å². The molecule has 2 heterocycles. The van der Waals surface area contributed by atoms with E-state index in [4.69, 9.17) is 0 Å². The second-order valence-electron chi connectivity index (χ2n) is 5.79. The molecule has 3 nitrogen and oxygen atoms in total. The Morgan fingerprint density at radius 3 is 2.69 bits per heavy atom. The maximum atomic E-state index is 3.54. The number of likely N-dealkylation sites (tertiary alicyclic amines) is 1. The fourth-order valence-electron chi connectivity index (χ4n) is 3.21. The Hall–Kier alpha value is -0.120. The predicted octanol–water partition coefficient (Wildman–Crippen LogP) is 1.01. The second kappa shape index (κ2) is 5.48. The summed E-state index contributed by atoms with van der Waals surface area (Å²) < 4.78 is 0. The number of nitrogens with zero attached hydrogens (tertiary/aromatic N) is 2. The van der Waals surface area contributed by atoms with Crippen molar-refractivity contribution in [2.45, 2.75) is 38.3 Å². The van der Waals surface area contributed by atoms with Gasteiger partial charge in [0, 0.05) is 25.2 Å². The summed E-state index contributed by atoms with van der Waals surface area (Å²) in [6.45, 7) is 7.34. The highest BCUT2D eigenvalue weighted by Crippen LogP contribution is 2.19. The Morgan fingerprint density at radius 2 is 2.12 bits per heavy atom. The van der Waals surface area contributed by atoms with Crippen LogP contribution in [0.5, 0.6) is 0 Å². The first-order valence-electron chi connectivity index (χ1n) is 6.79. The molecule has 0 spiro atoms. The average Bonchev–Trinajstić information content (AvgIpc) is 2.79. The molecule has 0 saturated carbocycles. The summed E-state index contributed by atoms with van der Waals surface area (Å²) in [5.74, 6) is 0.858. The van der Waals surface area contributed by atoms with Gasteiger partial charge in [0.15, 0.2) is 0 Å². The van der Waals surface area contributed by atoms with Gasteiger partial charge in [-0.3, -0.25) is 0 Å². The average molecular weight is 225 g/mol. The Bertz CT molecular complexity index is 197. The predicted molar refractivity (Wildman–Crippen MR) is 68.7 cm³/mol. The van der Waals surface area contributed by atoms with Crippen LogP contribution in [-0.4, -0.2) is 62.2 Å². The quantitative estimate of drug-likeness (QED) is 0.770. The molecule has 0 aromatic rings. The second-order valence-corrected chi connectivity index (χ2v) is 5.79. The largest absolute Gasteiger partial charge is 0.314 e. The van der Waals surface area contributed by atoms with Crippen LogP contribution >= 0.6 is 0 Å². The molecule has 3 atom stereocenters. The van der Waals surface area contributed by atoms with Crippen LogP contribution in [0.25, 0.3) is 0 Å². The lowest BCUT2D eigenvalue weighted by atomic mass is 10.0. The van der Waals surface area contributed by atoms with Crippen LogP contribution < -0.4 is 5.32 Å². The van der Waals surface area contributed by atoms with Crippen molar-refractivity contribution in [3.05, 3.63) is 0 Å². The van der Waals surface area contributed by atoms with E-state index in [1.54, 1.807) is 0 Å². The Kier molecular flexibility index (Phi) is 4.22. The smallest absolute Gasteiger partial charge is 0.0220 e. The number of hydrogen-bond acceptors (Lipinski definition) is 3. The van der Waals surface area contributed by atoms with Crippen LogP contribution in [0, 0.1) is 5.92 Å². The third-order valence-corrected chi connectivity index (χ3v) is 4.43. The first-order chi connectivity index (χ1) is 7.66. The SMILES string of the molecule is CC1NCCC1CN(C)CC1CCCN1C. The summed E-state index contributed by atoms with van der Waals surface area (Å²) in [6, 6.07) is 1.51. The summed E-state index contributed by atoms with van der Waals surface area (Å²) in [7, 11) is 4.56. The molecule has 0 radical (unpaired) electrons. The van der Waals surface area contributed by atoms with E-state index in [2.05, 4.69) is 36.1 Å². The number of likely N-dealkylation sites (N-methyl/N-ethyl adjacent to an activating group) is 2. The van der Waals surface area contributed by atoms with Crippen molar-refractivity contribution in [1.29, 1.82) is 0 Å². The summed E-state index contributed by atoms with van der Waals surface area (Å²) in [5, 5.41) is 3.54. The molecule has 2 rings (SSSR count). The number of rotatable bonds is 4. The highest BCUT2D eigenvalue weighted by atomic mass is 15.2. The van der Waals surface area contributed by atoms with E-state index in [0.717, 1.165) is 12.0 Å². The van der Waals surface area contributed by atoms with Gasteiger partial charge in [0.1, 0.15) is 0 Å². The van der Waals surface area contributed by atoms with Crippen LogP contribution in [0.15, 0.2) is 0 Å². The van der Waals surface area contributed by atoms with E-state index in [1.165, 1.54) is 45.4 Å². The van der Waals surface area contributed by atoms with Gasteiger partial charge in [0.05, 0.1) is 0 Å². The monoisotopic (exact) mass is 225 g/mol. The maximum Gasteiger partial charge on any atom is 0.0220 e. The summed E-state index contributed by atoms with van der Waals surface area (Å²) in [4.78, 5) is 5.06. The lowest BCUT2D eigenvalue weighted by Crippen LogP contribution is -2.40. The molecular weight excluding hydrogens is 198 g/mol. The molecule has 0 aliphatic carbocycles. The fourth-order valence-corrected chi connectivity index (χ4v) is 3.21. The minimum atomic E-state index is 0.712. The van der Waals surface area contributed by atoms with Gasteiger partial charge in [0.25, 0.3) is 0 Å². The minimum Gasteiger partial charge on any atom is -0.314 e. The third-order valence-electron chi connectivity index (χ3n) is 4.43. The Morgan fingerprint density at radius 1 is 1.31 bits per heavy atom. The molecule has 16 heavy (non-hydrogen) atoms. The molecule has 3 unspecified atom stereocenters. The summed E-state index contributed by atoms with van der Waals surface area (Å²) in [6.07, 6.45) is 4.13. The van der Waals surface area contributed by atoms with Crippen molar-refractivity contribution in [3.63, 3.8) is 0 Å². The zero-order chi connectivity index (χ0) is 11.5. The molecule has 3 heteroatoms. The Balaban J connectivity index is 1.73. The highest BCUT2D eigenvalue weighted by Gasteiger charge is 2.26. The zero-order valence-electron chi connectivity index (χ0n) is 11.1. The van der Waals surface area contributed by atoms with Crippen LogP contribution in [0.3, 0.4) is 0 Å². The molecule has 1 N–H and O–H groups in total. The molecule has 0 aromatic heterocycles. The maximum absolute atomic E-state index is 3.54. The van der Waals surface area contributed by atoms with E-state index in [-0.39, 0.29) is 0 Å². The molecule has 2 aliphatic heterocycles. The number of nitrogens with one attached hydrogen (secondary N) is 1. The summed E-state index contributed by atoms with van der Waals surface area (Å²) in [5.41, 5.74) is 0. The first kappa shape index (κ1) is 12.3. The normalized spacial score (nSPS) is 36.4. The van der Waals surface area contributed by atoms with Crippen molar-refractivity contribution < 1.29 is 0 Å². The van der Waals surface area contributed by atoms with Gasteiger partial charge in [-0.1, -0.05) is 0 Å². The van der Waals surface area contributed by atoms with Crippen LogP contribution in [0.4, 0.5) is 0 Å². The molecule has 2 aliphatic rings. The topological polar surface area (TPSA) is 18.5 Å². The van der Waals surface area contributed by atoms with Crippen LogP contribution in [0.1, 0.15) is 26.2 Å². The fraction of sp³-hybridized carbons (Fsp3) is 1.00. The Labute approximate surface area is 100 Å². The highest BCUT2D eigenvalue weighted by molar-refractivity contribution is 4.84. The summed E-state index contributed by atoms with van der Waals surface area (Å²) >= 11 is 0. The molecule has 2 saturated heterocycles. The molecule has 0 amide bonds. The van der Waals surface area contributed by atoms with E-state index >= 15 is 0 Å². The number of hydrogen-bond donors (Lipinski definition) is 1. The van der Waals surface area contributed by atoms with E-state index in [1.807, 2.05) is 0 Å². The van der Waals surface area contributed by atoms with Crippen LogP contribution in [0.2, 0.25) is 0 Å². The first-order valence-corrected chi connectivity index (χ1v) is 6.79. The van der Waals surface area contributed by atoms with E-state index in [9.17, 15) is 0 Å². The van der Waals surface area contributed by atoms with Gasteiger partial charge < -0.3 is 15.1 Å². The lowest BCUT2D eigenvalue weighted by Gasteiger charge is -2.28. The molecule has 0 bridgehead atoms. The molecule has 2 fully saturated rings. The van der Waals surface area contributed by atoms with Crippen molar-refractivity contribution >= 4 is 0 Å². The van der Waals surface area contributed by atoms with E-state index in [0.29, 0.717) is 6.04 Å². The zero-order valence-corrected chi connectivity index (χ0v) is 11.1. The van der Waals surface area contributed by atoms with Gasteiger partial charge in [-0.25, -0.2) is 0 Å². The van der Waals surface area contributed by atoms with Gasteiger partial charge in [-0.15, -0.1) is 0 Å². The van der Waals surface area contributed by atoms with E-state index < -0.39 is 0 Å². The van der Waals surface area contributed by atoms with Crippen LogP contribution in [-0.2, 0) is 0 Å². The molecular formula is C13H27N3.